The van der Waals surface area contributed by atoms with Crippen LogP contribution in [0.5, 0.6) is 5.75 Å². The molecule has 1 aliphatic rings. The highest BCUT2D eigenvalue weighted by Crippen LogP contribution is 2.24. The molecule has 1 aromatic carbocycles. The van der Waals surface area contributed by atoms with E-state index < -0.39 is 0 Å². The van der Waals surface area contributed by atoms with Gasteiger partial charge in [0, 0.05) is 38.7 Å². The van der Waals surface area contributed by atoms with E-state index in [0.717, 1.165) is 35.4 Å². The van der Waals surface area contributed by atoms with E-state index in [1.807, 2.05) is 42.7 Å². The van der Waals surface area contributed by atoms with E-state index in [2.05, 4.69) is 0 Å². The van der Waals surface area contributed by atoms with Gasteiger partial charge in [0.05, 0.1) is 6.61 Å². The first-order valence-corrected chi connectivity index (χ1v) is 8.22. The lowest BCUT2D eigenvalue weighted by atomic mass is 10.0. The Morgan fingerprint density at radius 1 is 1.04 bits per heavy atom. The van der Waals surface area contributed by atoms with Gasteiger partial charge >= 0.3 is 0 Å². The summed E-state index contributed by atoms with van der Waals surface area (Å²) in [5, 5.41) is 0. The van der Waals surface area contributed by atoms with E-state index in [1.54, 1.807) is 6.92 Å². The molecule has 5 heteroatoms. The summed E-state index contributed by atoms with van der Waals surface area (Å²) < 4.78 is 5.59. The predicted molar refractivity (Wildman–Crippen MR) is 89.9 cm³/mol. The van der Waals surface area contributed by atoms with Crippen molar-refractivity contribution in [2.75, 3.05) is 32.8 Å². The largest absolute Gasteiger partial charge is 0.494 e. The second kappa shape index (κ2) is 7.49. The molecule has 2 rings (SSSR count). The zero-order valence-corrected chi connectivity index (χ0v) is 14.5. The van der Waals surface area contributed by atoms with Crippen LogP contribution in [0.3, 0.4) is 0 Å². The summed E-state index contributed by atoms with van der Waals surface area (Å²) in [6.45, 7) is 10.6. The first kappa shape index (κ1) is 17.3. The molecule has 0 N–H and O–H groups in total. The third-order valence-corrected chi connectivity index (χ3v) is 4.28. The van der Waals surface area contributed by atoms with Crippen molar-refractivity contribution in [1.29, 1.82) is 0 Å². The van der Waals surface area contributed by atoms with Gasteiger partial charge in [0.15, 0.2) is 0 Å². The van der Waals surface area contributed by atoms with Gasteiger partial charge in [-0.2, -0.15) is 0 Å². The van der Waals surface area contributed by atoms with Crippen molar-refractivity contribution in [2.24, 2.45) is 0 Å². The zero-order valence-electron chi connectivity index (χ0n) is 14.5. The molecule has 0 spiro atoms. The van der Waals surface area contributed by atoms with Crippen molar-refractivity contribution in [3.05, 3.63) is 28.8 Å². The summed E-state index contributed by atoms with van der Waals surface area (Å²) in [6.07, 6.45) is 0.820. The van der Waals surface area contributed by atoms with Crippen LogP contribution in [0.1, 0.15) is 41.8 Å². The molecule has 1 aliphatic heterocycles. The fourth-order valence-electron chi connectivity index (χ4n) is 2.94. The van der Waals surface area contributed by atoms with Crippen molar-refractivity contribution >= 4 is 11.8 Å². The van der Waals surface area contributed by atoms with Crippen LogP contribution in [0.15, 0.2) is 12.1 Å². The van der Waals surface area contributed by atoms with E-state index in [9.17, 15) is 9.59 Å². The lowest BCUT2D eigenvalue weighted by molar-refractivity contribution is -0.128. The van der Waals surface area contributed by atoms with Gasteiger partial charge in [-0.3, -0.25) is 9.59 Å². The quantitative estimate of drug-likeness (QED) is 0.860. The van der Waals surface area contributed by atoms with Gasteiger partial charge in [0.1, 0.15) is 5.75 Å². The molecule has 0 unspecified atom stereocenters. The summed E-state index contributed by atoms with van der Waals surface area (Å²) in [4.78, 5) is 28.0. The molecule has 0 aliphatic carbocycles. The second-order valence-corrected chi connectivity index (χ2v) is 6.02. The Morgan fingerprint density at radius 3 is 2.35 bits per heavy atom. The smallest absolute Gasteiger partial charge is 0.254 e. The molecule has 0 radical (unpaired) electrons. The normalized spacial score (nSPS) is 15.3. The van der Waals surface area contributed by atoms with Gasteiger partial charge in [0.25, 0.3) is 5.91 Å². The van der Waals surface area contributed by atoms with Gasteiger partial charge in [-0.25, -0.2) is 0 Å². The summed E-state index contributed by atoms with van der Waals surface area (Å²) in [5.74, 6) is 0.951. The van der Waals surface area contributed by atoms with Gasteiger partial charge < -0.3 is 14.5 Å². The molecule has 0 atom stereocenters. The topological polar surface area (TPSA) is 49.9 Å². The molecule has 2 amide bonds. The Bertz CT molecular complexity index is 598. The highest BCUT2D eigenvalue weighted by Gasteiger charge is 2.23. The predicted octanol–water partition coefficient (Wildman–Crippen LogP) is 2.40. The van der Waals surface area contributed by atoms with E-state index in [-0.39, 0.29) is 11.8 Å². The lowest BCUT2D eigenvalue weighted by Crippen LogP contribution is -2.36. The Morgan fingerprint density at radius 2 is 1.70 bits per heavy atom. The second-order valence-electron chi connectivity index (χ2n) is 6.02. The Balaban J connectivity index is 2.17. The third kappa shape index (κ3) is 4.03. The number of benzene rings is 1. The average Bonchev–Trinajstić information content (AvgIpc) is 2.76. The number of hydrogen-bond donors (Lipinski definition) is 0. The minimum absolute atomic E-state index is 0.0408. The first-order valence-electron chi connectivity index (χ1n) is 8.22. The molecule has 1 fully saturated rings. The fourth-order valence-corrected chi connectivity index (χ4v) is 2.94. The van der Waals surface area contributed by atoms with Crippen LogP contribution in [0.25, 0.3) is 0 Å². The summed E-state index contributed by atoms with van der Waals surface area (Å²) >= 11 is 0. The summed E-state index contributed by atoms with van der Waals surface area (Å²) in [7, 11) is 0. The number of carbonyl (C=O) groups excluding carboxylic acids is 2. The van der Waals surface area contributed by atoms with E-state index >= 15 is 0 Å². The van der Waals surface area contributed by atoms with Gasteiger partial charge in [-0.05, 0) is 50.5 Å². The molecule has 0 aromatic heterocycles. The molecule has 5 nitrogen and oxygen atoms in total. The van der Waals surface area contributed by atoms with Crippen molar-refractivity contribution in [3.63, 3.8) is 0 Å². The molecular formula is C18H26N2O3. The molecule has 126 valence electrons. The van der Waals surface area contributed by atoms with Crippen LogP contribution < -0.4 is 4.74 Å². The van der Waals surface area contributed by atoms with Crippen LogP contribution in [0, 0.1) is 13.8 Å². The average molecular weight is 318 g/mol. The van der Waals surface area contributed by atoms with E-state index in [0.29, 0.717) is 26.2 Å². The molecule has 0 saturated carbocycles. The molecular weight excluding hydrogens is 292 g/mol. The van der Waals surface area contributed by atoms with E-state index in [1.165, 1.54) is 0 Å². The zero-order chi connectivity index (χ0) is 17.0. The van der Waals surface area contributed by atoms with Crippen molar-refractivity contribution in [1.82, 2.24) is 9.80 Å². The number of aryl methyl sites for hydroxylation is 2. The van der Waals surface area contributed by atoms with Crippen LogP contribution in [-0.2, 0) is 4.79 Å². The molecule has 1 heterocycles. The third-order valence-electron chi connectivity index (χ3n) is 4.28. The van der Waals surface area contributed by atoms with Crippen molar-refractivity contribution in [3.8, 4) is 5.75 Å². The lowest BCUT2D eigenvalue weighted by Gasteiger charge is -2.23. The Labute approximate surface area is 138 Å². The first-order chi connectivity index (χ1) is 10.9. The van der Waals surface area contributed by atoms with Crippen LogP contribution in [0.4, 0.5) is 0 Å². The maximum atomic E-state index is 12.9. The number of hydrogen-bond acceptors (Lipinski definition) is 3. The highest BCUT2D eigenvalue weighted by molar-refractivity contribution is 5.96. The number of carbonyl (C=O) groups is 2. The number of ether oxygens (including phenoxy) is 1. The summed E-state index contributed by atoms with van der Waals surface area (Å²) in [6, 6.07) is 3.85. The van der Waals surface area contributed by atoms with Gasteiger partial charge in [-0.15, -0.1) is 0 Å². The minimum atomic E-state index is 0.0408. The maximum Gasteiger partial charge on any atom is 0.254 e. The van der Waals surface area contributed by atoms with Gasteiger partial charge in [-0.1, -0.05) is 0 Å². The number of rotatable bonds is 3. The molecule has 1 saturated heterocycles. The molecule has 0 bridgehead atoms. The van der Waals surface area contributed by atoms with Gasteiger partial charge in [0.2, 0.25) is 5.91 Å². The molecule has 23 heavy (non-hydrogen) atoms. The highest BCUT2D eigenvalue weighted by atomic mass is 16.5. The van der Waals surface area contributed by atoms with Crippen LogP contribution >= 0.6 is 0 Å². The summed E-state index contributed by atoms with van der Waals surface area (Å²) in [5.41, 5.74) is 2.62. The monoisotopic (exact) mass is 318 g/mol. The van der Waals surface area contributed by atoms with Crippen molar-refractivity contribution < 1.29 is 14.3 Å². The Hall–Kier alpha value is -2.04. The van der Waals surface area contributed by atoms with E-state index in [4.69, 9.17) is 4.74 Å². The van der Waals surface area contributed by atoms with Crippen LogP contribution in [-0.4, -0.2) is 54.4 Å². The Kier molecular flexibility index (Phi) is 5.64. The fraction of sp³-hybridized carbons (Fsp3) is 0.556. The van der Waals surface area contributed by atoms with Crippen molar-refractivity contribution in [2.45, 2.75) is 34.1 Å². The number of nitrogens with zero attached hydrogens (tertiary/aromatic N) is 2. The maximum absolute atomic E-state index is 12.9. The SMILES string of the molecule is CCOc1cc(C)c(C(=O)N2CCCN(C(C)=O)CC2)cc1C. The number of amides is 2. The van der Waals surface area contributed by atoms with Crippen LogP contribution in [0.2, 0.25) is 0 Å². The standard InChI is InChI=1S/C18H26N2O3/c1-5-23-17-12-13(2)16(11-14(17)3)18(22)20-8-6-7-19(9-10-20)15(4)21/h11-12H,5-10H2,1-4H3. The molecule has 1 aromatic rings. The minimum Gasteiger partial charge on any atom is -0.494 e.